The Morgan fingerprint density at radius 2 is 1.57 bits per heavy atom. The van der Waals surface area contributed by atoms with E-state index >= 15 is 0 Å². The van der Waals surface area contributed by atoms with Gasteiger partial charge in [-0.05, 0) is 12.0 Å². The van der Waals surface area contributed by atoms with E-state index in [9.17, 15) is 4.79 Å². The van der Waals surface area contributed by atoms with Gasteiger partial charge >= 0.3 is 0 Å². The van der Waals surface area contributed by atoms with Crippen LogP contribution < -0.4 is 0 Å². The first kappa shape index (κ1) is 15.9. The molecule has 120 valence electrons. The first-order valence-electron chi connectivity index (χ1n) is 8.27. The molecule has 3 rings (SSSR count). The van der Waals surface area contributed by atoms with Crippen LogP contribution in [-0.2, 0) is 11.2 Å². The van der Waals surface area contributed by atoms with Crippen molar-refractivity contribution in [3.8, 4) is 0 Å². The first-order valence-corrected chi connectivity index (χ1v) is 8.27. The molecule has 0 saturated carbocycles. The van der Waals surface area contributed by atoms with Crippen LogP contribution in [0.15, 0.2) is 60.7 Å². The van der Waals surface area contributed by atoms with Crippen molar-refractivity contribution in [2.24, 2.45) is 0 Å². The molecule has 0 aliphatic carbocycles. The average molecular weight is 309 g/mol. The van der Waals surface area contributed by atoms with E-state index in [4.69, 9.17) is 4.74 Å². The second kappa shape index (κ2) is 8.04. The van der Waals surface area contributed by atoms with Crippen LogP contribution in [0.3, 0.4) is 0 Å². The Hall–Kier alpha value is -1.97. The van der Waals surface area contributed by atoms with Gasteiger partial charge in [0.25, 0.3) is 0 Å². The lowest BCUT2D eigenvalue weighted by molar-refractivity contribution is 0.0151. The van der Waals surface area contributed by atoms with E-state index in [0.29, 0.717) is 6.42 Å². The molecule has 0 radical (unpaired) electrons. The van der Waals surface area contributed by atoms with Gasteiger partial charge in [-0.15, -0.1) is 0 Å². The molecule has 1 atom stereocenters. The quantitative estimate of drug-likeness (QED) is 0.768. The Kier molecular flexibility index (Phi) is 5.56. The van der Waals surface area contributed by atoms with Gasteiger partial charge in [0, 0.05) is 31.1 Å². The van der Waals surface area contributed by atoms with Gasteiger partial charge in [0.1, 0.15) is 0 Å². The third kappa shape index (κ3) is 4.50. The van der Waals surface area contributed by atoms with Crippen molar-refractivity contribution in [2.45, 2.75) is 18.9 Å². The predicted molar refractivity (Wildman–Crippen MR) is 91.7 cm³/mol. The highest BCUT2D eigenvalue weighted by atomic mass is 16.5. The summed E-state index contributed by atoms with van der Waals surface area (Å²) < 4.78 is 5.46. The summed E-state index contributed by atoms with van der Waals surface area (Å²) in [6.07, 6.45) is 1.46. The van der Waals surface area contributed by atoms with Crippen molar-refractivity contribution in [3.05, 3.63) is 71.8 Å². The van der Waals surface area contributed by atoms with Gasteiger partial charge in [0.2, 0.25) is 0 Å². The molecule has 3 heteroatoms. The molecule has 0 aromatic heterocycles. The van der Waals surface area contributed by atoms with Crippen molar-refractivity contribution in [2.75, 3.05) is 26.3 Å². The Bertz CT molecular complexity index is 606. The van der Waals surface area contributed by atoms with Crippen LogP contribution in [0.5, 0.6) is 0 Å². The highest BCUT2D eigenvalue weighted by Gasteiger charge is 2.24. The number of benzene rings is 2. The maximum atomic E-state index is 12.6. The molecule has 2 aromatic carbocycles. The molecule has 23 heavy (non-hydrogen) atoms. The van der Waals surface area contributed by atoms with Gasteiger partial charge in [-0.3, -0.25) is 9.69 Å². The topological polar surface area (TPSA) is 29.5 Å². The normalized spacial score (nSPS) is 16.9. The van der Waals surface area contributed by atoms with E-state index < -0.39 is 0 Å². The molecule has 0 N–H and O–H groups in total. The number of hydrogen-bond acceptors (Lipinski definition) is 3. The number of nitrogens with zero attached hydrogens (tertiary/aromatic N) is 1. The van der Waals surface area contributed by atoms with Crippen molar-refractivity contribution >= 4 is 5.78 Å². The molecule has 2 aromatic rings. The van der Waals surface area contributed by atoms with Crippen LogP contribution in [0.4, 0.5) is 0 Å². The lowest BCUT2D eigenvalue weighted by Gasteiger charge is -2.34. The molecule has 1 saturated heterocycles. The van der Waals surface area contributed by atoms with Crippen LogP contribution in [0.2, 0.25) is 0 Å². The summed E-state index contributed by atoms with van der Waals surface area (Å²) in [4.78, 5) is 15.0. The molecule has 0 bridgehead atoms. The number of morpholine rings is 1. The highest BCUT2D eigenvalue weighted by Crippen LogP contribution is 2.17. The summed E-state index contributed by atoms with van der Waals surface area (Å²) in [5.74, 6) is 0.220. The zero-order valence-corrected chi connectivity index (χ0v) is 13.4. The number of carbonyl (C=O) groups is 1. The third-order valence-electron chi connectivity index (χ3n) is 4.39. The van der Waals surface area contributed by atoms with Crippen molar-refractivity contribution in [3.63, 3.8) is 0 Å². The molecule has 1 aliphatic rings. The maximum Gasteiger partial charge on any atom is 0.164 e. The van der Waals surface area contributed by atoms with Gasteiger partial charge in [-0.25, -0.2) is 0 Å². The Labute approximate surface area is 137 Å². The summed E-state index contributed by atoms with van der Waals surface area (Å²) in [5.41, 5.74) is 2.09. The first-order chi connectivity index (χ1) is 11.3. The minimum absolute atomic E-state index is 0.220. The van der Waals surface area contributed by atoms with Gasteiger partial charge in [-0.2, -0.15) is 0 Å². The summed E-state index contributed by atoms with van der Waals surface area (Å²) >= 11 is 0. The maximum absolute atomic E-state index is 12.6. The van der Waals surface area contributed by atoms with E-state index in [1.807, 2.05) is 36.4 Å². The van der Waals surface area contributed by atoms with Crippen molar-refractivity contribution in [1.29, 1.82) is 0 Å². The minimum Gasteiger partial charge on any atom is -0.379 e. The van der Waals surface area contributed by atoms with Gasteiger partial charge < -0.3 is 4.74 Å². The number of ketones is 1. The average Bonchev–Trinajstić information content (AvgIpc) is 2.63. The fourth-order valence-corrected chi connectivity index (χ4v) is 3.12. The molecular weight excluding hydrogens is 286 g/mol. The Balaban J connectivity index is 1.73. The second-order valence-corrected chi connectivity index (χ2v) is 5.99. The molecule has 0 spiro atoms. The SMILES string of the molecule is O=C(CC(Cc1ccccc1)N1CCOCC1)c1ccccc1. The fourth-order valence-electron chi connectivity index (χ4n) is 3.12. The lowest BCUT2D eigenvalue weighted by atomic mass is 9.96. The zero-order valence-electron chi connectivity index (χ0n) is 13.4. The van der Waals surface area contributed by atoms with E-state index in [1.54, 1.807) is 0 Å². The molecule has 1 unspecified atom stereocenters. The Morgan fingerprint density at radius 1 is 0.957 bits per heavy atom. The van der Waals surface area contributed by atoms with Gasteiger partial charge in [0.05, 0.1) is 13.2 Å². The predicted octanol–water partition coefficient (Wildman–Crippen LogP) is 3.20. The number of rotatable bonds is 6. The summed E-state index contributed by atoms with van der Waals surface area (Å²) in [5, 5.41) is 0. The summed E-state index contributed by atoms with van der Waals surface area (Å²) in [6, 6.07) is 20.3. The van der Waals surface area contributed by atoms with Crippen LogP contribution in [-0.4, -0.2) is 43.0 Å². The van der Waals surface area contributed by atoms with Gasteiger partial charge in [-0.1, -0.05) is 60.7 Å². The molecule has 0 amide bonds. The molecule has 1 aliphatic heterocycles. The van der Waals surface area contributed by atoms with E-state index in [-0.39, 0.29) is 11.8 Å². The number of carbonyl (C=O) groups excluding carboxylic acids is 1. The molecule has 3 nitrogen and oxygen atoms in total. The molecule has 1 fully saturated rings. The second-order valence-electron chi connectivity index (χ2n) is 5.99. The third-order valence-corrected chi connectivity index (χ3v) is 4.39. The van der Waals surface area contributed by atoms with Gasteiger partial charge in [0.15, 0.2) is 5.78 Å². The largest absolute Gasteiger partial charge is 0.379 e. The number of Topliss-reactive ketones (excluding diaryl/α,β-unsaturated/α-hetero) is 1. The summed E-state index contributed by atoms with van der Waals surface area (Å²) in [7, 11) is 0. The highest BCUT2D eigenvalue weighted by molar-refractivity contribution is 5.96. The van der Waals surface area contributed by atoms with E-state index in [2.05, 4.69) is 29.2 Å². The monoisotopic (exact) mass is 309 g/mol. The van der Waals surface area contributed by atoms with E-state index in [0.717, 1.165) is 38.3 Å². The smallest absolute Gasteiger partial charge is 0.164 e. The standard InChI is InChI=1S/C20H23NO2/c22-20(18-9-5-2-6-10-18)16-19(21-11-13-23-14-12-21)15-17-7-3-1-4-8-17/h1-10,19H,11-16H2. The van der Waals surface area contributed by atoms with Crippen molar-refractivity contribution in [1.82, 2.24) is 4.90 Å². The van der Waals surface area contributed by atoms with E-state index in [1.165, 1.54) is 5.56 Å². The number of ether oxygens (including phenoxy) is 1. The lowest BCUT2D eigenvalue weighted by Crippen LogP contribution is -2.45. The zero-order chi connectivity index (χ0) is 15.9. The van der Waals surface area contributed by atoms with Crippen molar-refractivity contribution < 1.29 is 9.53 Å². The van der Waals surface area contributed by atoms with Crippen LogP contribution in [0.25, 0.3) is 0 Å². The molecular formula is C20H23NO2. The fraction of sp³-hybridized carbons (Fsp3) is 0.350. The summed E-state index contributed by atoms with van der Waals surface area (Å²) in [6.45, 7) is 3.31. The number of hydrogen-bond donors (Lipinski definition) is 0. The Morgan fingerprint density at radius 3 is 2.22 bits per heavy atom. The van der Waals surface area contributed by atoms with Crippen LogP contribution >= 0.6 is 0 Å². The van der Waals surface area contributed by atoms with Crippen LogP contribution in [0.1, 0.15) is 22.3 Å². The van der Waals surface area contributed by atoms with Crippen LogP contribution in [0, 0.1) is 0 Å². The minimum atomic E-state index is 0.220. The molecule has 1 heterocycles.